The molecular formula is C24H27ClN2O4. The molecule has 2 aromatic rings. The molecule has 6 nitrogen and oxygen atoms in total. The van der Waals surface area contributed by atoms with Crippen LogP contribution in [-0.4, -0.2) is 61.0 Å². The molecule has 2 aliphatic heterocycles. The lowest BCUT2D eigenvalue weighted by atomic mass is 10.1. The molecule has 0 spiro atoms. The Bertz CT molecular complexity index is 941. The summed E-state index contributed by atoms with van der Waals surface area (Å²) in [4.78, 5) is 29.3. The van der Waals surface area contributed by atoms with Gasteiger partial charge in [-0.15, -0.1) is 0 Å². The van der Waals surface area contributed by atoms with Crippen molar-refractivity contribution in [3.8, 4) is 11.5 Å². The minimum absolute atomic E-state index is 0.0150. The van der Waals surface area contributed by atoms with E-state index in [1.54, 1.807) is 18.2 Å². The number of carbonyl (C=O) groups is 2. The van der Waals surface area contributed by atoms with Crippen molar-refractivity contribution >= 4 is 23.4 Å². The van der Waals surface area contributed by atoms with Crippen LogP contribution < -0.4 is 9.47 Å². The molecule has 0 aliphatic carbocycles. The van der Waals surface area contributed by atoms with Crippen molar-refractivity contribution in [1.29, 1.82) is 0 Å². The lowest BCUT2D eigenvalue weighted by molar-refractivity contribution is 0.0687. The van der Waals surface area contributed by atoms with Crippen molar-refractivity contribution in [2.45, 2.75) is 31.7 Å². The molecule has 2 heterocycles. The van der Waals surface area contributed by atoms with Crippen LogP contribution in [-0.2, 0) is 0 Å². The van der Waals surface area contributed by atoms with E-state index >= 15 is 0 Å². The minimum atomic E-state index is -0.0776. The van der Waals surface area contributed by atoms with Crippen LogP contribution in [0, 0.1) is 0 Å². The zero-order valence-corrected chi connectivity index (χ0v) is 18.4. The Morgan fingerprint density at radius 1 is 1.00 bits per heavy atom. The molecule has 2 aliphatic rings. The highest BCUT2D eigenvalue weighted by Crippen LogP contribution is 2.28. The Labute approximate surface area is 187 Å². The average Bonchev–Trinajstić information content (AvgIpc) is 3.49. The van der Waals surface area contributed by atoms with Gasteiger partial charge in [-0.1, -0.05) is 11.6 Å². The van der Waals surface area contributed by atoms with E-state index < -0.39 is 0 Å². The maximum Gasteiger partial charge on any atom is 0.257 e. The summed E-state index contributed by atoms with van der Waals surface area (Å²) in [7, 11) is 1.53. The summed E-state index contributed by atoms with van der Waals surface area (Å²) in [5, 5.41) is 0.529. The van der Waals surface area contributed by atoms with Crippen LogP contribution in [0.4, 0.5) is 0 Å². The highest BCUT2D eigenvalue weighted by Gasteiger charge is 2.31. The third-order valence-electron chi connectivity index (χ3n) is 5.97. The quantitative estimate of drug-likeness (QED) is 0.670. The van der Waals surface area contributed by atoms with E-state index in [9.17, 15) is 9.59 Å². The van der Waals surface area contributed by atoms with E-state index in [1.165, 1.54) is 7.11 Å². The third kappa shape index (κ3) is 4.79. The van der Waals surface area contributed by atoms with E-state index in [0.29, 0.717) is 40.8 Å². The topological polar surface area (TPSA) is 59.1 Å². The Balaban J connectivity index is 1.38. The van der Waals surface area contributed by atoms with Gasteiger partial charge in [0.2, 0.25) is 0 Å². The van der Waals surface area contributed by atoms with Gasteiger partial charge in [-0.3, -0.25) is 9.59 Å². The standard InChI is InChI=1S/C24H27ClN2O4/c1-30-22-15-18(25)8-11-21(22)24(29)27-14-4-5-19(27)16-31-20-9-6-17(7-10-20)23(28)26-12-2-3-13-26/h6-11,15,19H,2-5,12-14,16H2,1H3. The molecule has 1 atom stereocenters. The van der Waals surface area contributed by atoms with Crippen molar-refractivity contribution in [3.05, 3.63) is 58.6 Å². The van der Waals surface area contributed by atoms with Crippen molar-refractivity contribution in [2.75, 3.05) is 33.4 Å². The molecule has 0 aromatic heterocycles. The van der Waals surface area contributed by atoms with Crippen molar-refractivity contribution in [2.24, 2.45) is 0 Å². The molecular weight excluding hydrogens is 416 g/mol. The number of hydrogen-bond donors (Lipinski definition) is 0. The maximum absolute atomic E-state index is 13.1. The lowest BCUT2D eigenvalue weighted by Crippen LogP contribution is -2.39. The number of benzene rings is 2. The molecule has 0 N–H and O–H groups in total. The highest BCUT2D eigenvalue weighted by molar-refractivity contribution is 6.30. The molecule has 7 heteroatoms. The average molecular weight is 443 g/mol. The second-order valence-corrected chi connectivity index (χ2v) is 8.41. The summed E-state index contributed by atoms with van der Waals surface area (Å²) in [5.41, 5.74) is 1.19. The second kappa shape index (κ2) is 9.60. The Hall–Kier alpha value is -2.73. The molecule has 164 valence electrons. The second-order valence-electron chi connectivity index (χ2n) is 7.97. The van der Waals surface area contributed by atoms with Gasteiger partial charge in [0.1, 0.15) is 18.1 Å². The Kier molecular flexibility index (Phi) is 6.66. The number of amides is 2. The summed E-state index contributed by atoms with van der Waals surface area (Å²) in [6.07, 6.45) is 3.96. The van der Waals surface area contributed by atoms with Crippen molar-refractivity contribution < 1.29 is 19.1 Å². The van der Waals surface area contributed by atoms with Gasteiger partial charge in [-0.05, 0) is 68.1 Å². The first kappa shape index (κ1) is 21.5. The van der Waals surface area contributed by atoms with Crippen LogP contribution in [0.25, 0.3) is 0 Å². The smallest absolute Gasteiger partial charge is 0.257 e. The van der Waals surface area contributed by atoms with Crippen LogP contribution in [0.15, 0.2) is 42.5 Å². The number of carbonyl (C=O) groups excluding carboxylic acids is 2. The summed E-state index contributed by atoms with van der Waals surface area (Å²) in [6, 6.07) is 12.3. The van der Waals surface area contributed by atoms with E-state index in [1.807, 2.05) is 34.1 Å². The molecule has 0 saturated carbocycles. The summed E-state index contributed by atoms with van der Waals surface area (Å²) in [6.45, 7) is 2.76. The number of likely N-dealkylation sites (tertiary alicyclic amines) is 2. The zero-order valence-electron chi connectivity index (χ0n) is 17.7. The van der Waals surface area contributed by atoms with Gasteiger partial charge >= 0.3 is 0 Å². The summed E-state index contributed by atoms with van der Waals surface area (Å²) < 4.78 is 11.3. The third-order valence-corrected chi connectivity index (χ3v) is 6.20. The number of ether oxygens (including phenoxy) is 2. The van der Waals surface area contributed by atoms with Crippen molar-refractivity contribution in [1.82, 2.24) is 9.80 Å². The van der Waals surface area contributed by atoms with Gasteiger partial charge < -0.3 is 19.3 Å². The zero-order chi connectivity index (χ0) is 21.8. The molecule has 4 rings (SSSR count). The van der Waals surface area contributed by atoms with Crippen LogP contribution in [0.5, 0.6) is 11.5 Å². The molecule has 31 heavy (non-hydrogen) atoms. The van der Waals surface area contributed by atoms with Gasteiger partial charge in [0.15, 0.2) is 0 Å². The normalized spacial score (nSPS) is 18.3. The SMILES string of the molecule is COc1cc(Cl)ccc1C(=O)N1CCCC1COc1ccc(C(=O)N2CCCC2)cc1. The number of rotatable bonds is 6. The van der Waals surface area contributed by atoms with Gasteiger partial charge in [0.05, 0.1) is 18.7 Å². The highest BCUT2D eigenvalue weighted by atomic mass is 35.5. The largest absolute Gasteiger partial charge is 0.496 e. The fourth-order valence-corrected chi connectivity index (χ4v) is 4.42. The minimum Gasteiger partial charge on any atom is -0.496 e. The predicted molar refractivity (Wildman–Crippen MR) is 119 cm³/mol. The Morgan fingerprint density at radius 3 is 2.45 bits per heavy atom. The number of hydrogen-bond acceptors (Lipinski definition) is 4. The van der Waals surface area contributed by atoms with Gasteiger partial charge in [-0.25, -0.2) is 0 Å². The predicted octanol–water partition coefficient (Wildman–Crippen LogP) is 4.27. The first-order valence-corrected chi connectivity index (χ1v) is 11.1. The maximum atomic E-state index is 13.1. The number of nitrogens with zero attached hydrogens (tertiary/aromatic N) is 2. The fourth-order valence-electron chi connectivity index (χ4n) is 4.26. The summed E-state index contributed by atoms with van der Waals surface area (Å²) >= 11 is 6.02. The Morgan fingerprint density at radius 2 is 1.74 bits per heavy atom. The van der Waals surface area contributed by atoms with E-state index in [4.69, 9.17) is 21.1 Å². The molecule has 2 saturated heterocycles. The van der Waals surface area contributed by atoms with E-state index in [0.717, 1.165) is 38.8 Å². The molecule has 1 unspecified atom stereocenters. The van der Waals surface area contributed by atoms with Gasteiger partial charge in [0.25, 0.3) is 11.8 Å². The van der Waals surface area contributed by atoms with E-state index in [-0.39, 0.29) is 17.9 Å². The molecule has 2 fully saturated rings. The van der Waals surface area contributed by atoms with Crippen molar-refractivity contribution in [3.63, 3.8) is 0 Å². The lowest BCUT2D eigenvalue weighted by Gasteiger charge is -2.25. The summed E-state index contributed by atoms with van der Waals surface area (Å²) in [5.74, 6) is 1.17. The van der Waals surface area contributed by atoms with Crippen LogP contribution in [0.3, 0.4) is 0 Å². The van der Waals surface area contributed by atoms with Gasteiger partial charge in [0, 0.05) is 30.2 Å². The van der Waals surface area contributed by atoms with E-state index in [2.05, 4.69) is 0 Å². The first-order valence-electron chi connectivity index (χ1n) is 10.7. The van der Waals surface area contributed by atoms with Crippen LogP contribution in [0.1, 0.15) is 46.4 Å². The van der Waals surface area contributed by atoms with Crippen LogP contribution >= 0.6 is 11.6 Å². The monoisotopic (exact) mass is 442 g/mol. The first-order chi connectivity index (χ1) is 15.1. The molecule has 0 bridgehead atoms. The fraction of sp³-hybridized carbons (Fsp3) is 0.417. The number of halogens is 1. The number of methoxy groups -OCH3 is 1. The molecule has 2 aromatic carbocycles. The molecule has 2 amide bonds. The molecule has 0 radical (unpaired) electrons. The van der Waals surface area contributed by atoms with Gasteiger partial charge in [-0.2, -0.15) is 0 Å². The van der Waals surface area contributed by atoms with Crippen LogP contribution in [0.2, 0.25) is 5.02 Å².